The van der Waals surface area contributed by atoms with Crippen molar-refractivity contribution in [3.63, 3.8) is 0 Å². The second-order valence-electron chi connectivity index (χ2n) is 8.14. The number of para-hydroxylation sites is 1. The Kier molecular flexibility index (Phi) is 7.79. The first kappa shape index (κ1) is 24.4. The predicted molar refractivity (Wildman–Crippen MR) is 133 cm³/mol. The first-order valence-electron chi connectivity index (χ1n) is 11.4. The Morgan fingerprint density at radius 2 is 1.60 bits per heavy atom. The van der Waals surface area contributed by atoms with Crippen LogP contribution >= 0.6 is 0 Å². The van der Waals surface area contributed by atoms with Crippen molar-refractivity contribution in [1.82, 2.24) is 9.62 Å². The molecule has 0 atom stereocenters. The van der Waals surface area contributed by atoms with Crippen molar-refractivity contribution < 1.29 is 22.7 Å². The fraction of sp³-hybridized carbons (Fsp3) is 0.231. The summed E-state index contributed by atoms with van der Waals surface area (Å²) in [6.45, 7) is 1.04. The molecule has 2 amide bonds. The molecule has 4 rings (SSSR count). The first-order chi connectivity index (χ1) is 16.9. The molecule has 3 aromatic carbocycles. The van der Waals surface area contributed by atoms with Crippen LogP contribution in [0.5, 0.6) is 5.75 Å². The number of carbonyl (C=O) groups is 2. The molecule has 35 heavy (non-hydrogen) atoms. The second-order valence-corrected chi connectivity index (χ2v) is 10.1. The van der Waals surface area contributed by atoms with E-state index in [4.69, 9.17) is 4.74 Å². The van der Waals surface area contributed by atoms with E-state index in [1.807, 2.05) is 30.3 Å². The molecule has 0 unspecified atom stereocenters. The van der Waals surface area contributed by atoms with Crippen LogP contribution in [0.3, 0.4) is 0 Å². The normalized spacial score (nSPS) is 13.8. The number of amides is 2. The number of nitrogens with zero attached hydrogens (tertiary/aromatic N) is 1. The average molecular weight is 494 g/mol. The fourth-order valence-corrected chi connectivity index (χ4v) is 5.37. The highest BCUT2D eigenvalue weighted by Crippen LogP contribution is 2.23. The van der Waals surface area contributed by atoms with E-state index in [-0.39, 0.29) is 23.2 Å². The maximum absolute atomic E-state index is 12.8. The Morgan fingerprint density at radius 3 is 2.37 bits per heavy atom. The number of anilines is 1. The van der Waals surface area contributed by atoms with E-state index in [0.717, 1.165) is 18.4 Å². The van der Waals surface area contributed by atoms with Gasteiger partial charge in [-0.1, -0.05) is 48.5 Å². The van der Waals surface area contributed by atoms with Gasteiger partial charge in [0.2, 0.25) is 10.0 Å². The van der Waals surface area contributed by atoms with Gasteiger partial charge in [-0.05, 0) is 48.7 Å². The minimum absolute atomic E-state index is 0.138. The molecule has 1 aliphatic rings. The van der Waals surface area contributed by atoms with E-state index in [1.54, 1.807) is 36.4 Å². The van der Waals surface area contributed by atoms with E-state index in [0.29, 0.717) is 30.9 Å². The molecule has 8 nitrogen and oxygen atoms in total. The summed E-state index contributed by atoms with van der Waals surface area (Å²) in [5.74, 6) is -0.511. The standard InChI is InChI=1S/C26H27N3O5S/c30-25(28-21-11-8-12-22(17-21)35(32,33)29-15-6-7-16-29)19-34-24-14-5-4-13-23(24)26(31)27-18-20-9-2-1-3-10-20/h1-5,8-14,17H,6-7,15-16,18-19H2,(H,27,31)(H,28,30). The van der Waals surface area contributed by atoms with Gasteiger partial charge in [0, 0.05) is 25.3 Å². The number of ether oxygens (including phenoxy) is 1. The van der Waals surface area contributed by atoms with E-state index in [9.17, 15) is 18.0 Å². The Morgan fingerprint density at radius 1 is 0.886 bits per heavy atom. The third-order valence-electron chi connectivity index (χ3n) is 5.61. The van der Waals surface area contributed by atoms with Crippen molar-refractivity contribution in [1.29, 1.82) is 0 Å². The summed E-state index contributed by atoms with van der Waals surface area (Å²) in [7, 11) is -3.59. The Hall–Kier alpha value is -3.69. The molecule has 1 fully saturated rings. The van der Waals surface area contributed by atoms with Crippen molar-refractivity contribution >= 4 is 27.5 Å². The number of carbonyl (C=O) groups excluding carboxylic acids is 2. The molecule has 9 heteroatoms. The highest BCUT2D eigenvalue weighted by Gasteiger charge is 2.27. The molecule has 0 saturated carbocycles. The summed E-state index contributed by atoms with van der Waals surface area (Å²) in [4.78, 5) is 25.3. The molecule has 1 saturated heterocycles. The van der Waals surface area contributed by atoms with Gasteiger partial charge in [-0.2, -0.15) is 4.31 Å². The van der Waals surface area contributed by atoms with Crippen molar-refractivity contribution in [2.24, 2.45) is 0 Å². The van der Waals surface area contributed by atoms with Crippen LogP contribution in [0.4, 0.5) is 5.69 Å². The van der Waals surface area contributed by atoms with Gasteiger partial charge in [0.1, 0.15) is 5.75 Å². The van der Waals surface area contributed by atoms with Crippen molar-refractivity contribution in [3.8, 4) is 5.75 Å². The van der Waals surface area contributed by atoms with Gasteiger partial charge in [0.25, 0.3) is 11.8 Å². The van der Waals surface area contributed by atoms with Crippen LogP contribution in [-0.4, -0.2) is 44.2 Å². The summed E-state index contributed by atoms with van der Waals surface area (Å²) in [5.41, 5.74) is 1.63. The molecule has 1 aliphatic heterocycles. The van der Waals surface area contributed by atoms with E-state index in [1.165, 1.54) is 16.4 Å². The lowest BCUT2D eigenvalue weighted by Crippen LogP contribution is -2.28. The molecular formula is C26H27N3O5S. The molecule has 0 aromatic heterocycles. The highest BCUT2D eigenvalue weighted by molar-refractivity contribution is 7.89. The van der Waals surface area contributed by atoms with Gasteiger partial charge in [-0.3, -0.25) is 9.59 Å². The van der Waals surface area contributed by atoms with Crippen LogP contribution in [0.1, 0.15) is 28.8 Å². The van der Waals surface area contributed by atoms with E-state index < -0.39 is 15.9 Å². The molecule has 2 N–H and O–H groups in total. The Labute approximate surface area is 205 Å². The maximum atomic E-state index is 12.8. The zero-order valence-electron chi connectivity index (χ0n) is 19.1. The van der Waals surface area contributed by atoms with Crippen LogP contribution < -0.4 is 15.4 Å². The number of sulfonamides is 1. The van der Waals surface area contributed by atoms with E-state index in [2.05, 4.69) is 10.6 Å². The topological polar surface area (TPSA) is 105 Å². The third kappa shape index (κ3) is 6.26. The van der Waals surface area contributed by atoms with Crippen molar-refractivity contribution in [2.45, 2.75) is 24.3 Å². The maximum Gasteiger partial charge on any atom is 0.262 e. The first-order valence-corrected chi connectivity index (χ1v) is 12.8. The highest BCUT2D eigenvalue weighted by atomic mass is 32.2. The lowest BCUT2D eigenvalue weighted by atomic mass is 10.1. The van der Waals surface area contributed by atoms with Gasteiger partial charge in [0.05, 0.1) is 10.5 Å². The minimum Gasteiger partial charge on any atom is -0.483 e. The Bertz CT molecular complexity index is 1290. The van der Waals surface area contributed by atoms with E-state index >= 15 is 0 Å². The summed E-state index contributed by atoms with van der Waals surface area (Å²) in [6.07, 6.45) is 1.69. The van der Waals surface area contributed by atoms with Gasteiger partial charge >= 0.3 is 0 Å². The van der Waals surface area contributed by atoms with Crippen LogP contribution in [0.2, 0.25) is 0 Å². The number of nitrogens with one attached hydrogen (secondary N) is 2. The van der Waals surface area contributed by atoms with Crippen LogP contribution in [0.15, 0.2) is 83.8 Å². The van der Waals surface area contributed by atoms with Gasteiger partial charge in [-0.15, -0.1) is 0 Å². The van der Waals surface area contributed by atoms with Crippen molar-refractivity contribution in [2.75, 3.05) is 25.0 Å². The lowest BCUT2D eigenvalue weighted by Gasteiger charge is -2.16. The molecular weight excluding hydrogens is 466 g/mol. The van der Waals surface area contributed by atoms with Crippen LogP contribution in [0, 0.1) is 0 Å². The molecule has 0 radical (unpaired) electrons. The molecule has 0 aliphatic carbocycles. The molecule has 0 bridgehead atoms. The largest absolute Gasteiger partial charge is 0.483 e. The quantitative estimate of drug-likeness (QED) is 0.475. The SMILES string of the molecule is O=C(COc1ccccc1C(=O)NCc1ccccc1)Nc1cccc(S(=O)(=O)N2CCCC2)c1. The van der Waals surface area contributed by atoms with Gasteiger partial charge in [-0.25, -0.2) is 8.42 Å². The van der Waals surface area contributed by atoms with Gasteiger partial charge in [0.15, 0.2) is 6.61 Å². The average Bonchev–Trinajstić information content (AvgIpc) is 3.43. The summed E-state index contributed by atoms with van der Waals surface area (Å²) < 4.78 is 32.6. The fourth-order valence-electron chi connectivity index (χ4n) is 3.81. The molecule has 0 spiro atoms. The minimum atomic E-state index is -3.59. The van der Waals surface area contributed by atoms with Crippen molar-refractivity contribution in [3.05, 3.63) is 90.0 Å². The predicted octanol–water partition coefficient (Wildman–Crippen LogP) is 3.42. The van der Waals surface area contributed by atoms with Crippen LogP contribution in [-0.2, 0) is 21.4 Å². The summed E-state index contributed by atoms with van der Waals surface area (Å²) >= 11 is 0. The monoisotopic (exact) mass is 493 g/mol. The smallest absolute Gasteiger partial charge is 0.262 e. The second kappa shape index (κ2) is 11.2. The van der Waals surface area contributed by atoms with Crippen LogP contribution in [0.25, 0.3) is 0 Å². The number of rotatable bonds is 9. The number of benzene rings is 3. The number of hydrogen-bond donors (Lipinski definition) is 2. The summed E-state index contributed by atoms with van der Waals surface area (Å²) in [5, 5.41) is 5.51. The summed E-state index contributed by atoms with van der Waals surface area (Å²) in [6, 6.07) is 22.4. The molecule has 3 aromatic rings. The zero-order chi connectivity index (χ0) is 24.7. The zero-order valence-corrected chi connectivity index (χ0v) is 20.0. The van der Waals surface area contributed by atoms with Gasteiger partial charge < -0.3 is 15.4 Å². The Balaban J connectivity index is 1.36. The number of hydrogen-bond acceptors (Lipinski definition) is 5. The molecule has 1 heterocycles. The molecule has 182 valence electrons. The third-order valence-corrected chi connectivity index (χ3v) is 7.50. The lowest BCUT2D eigenvalue weighted by molar-refractivity contribution is -0.118.